The SMILES string of the molecule is CC(=O)N1CCc2ccc(NC(=O)c3ccc(N4CCCC4=O)cc3)cc21. The van der Waals surface area contributed by atoms with Gasteiger partial charge in [0.15, 0.2) is 0 Å². The fraction of sp³-hybridized carbons (Fsp3) is 0.286. The van der Waals surface area contributed by atoms with Gasteiger partial charge >= 0.3 is 0 Å². The Balaban J connectivity index is 1.49. The van der Waals surface area contributed by atoms with Gasteiger partial charge in [-0.25, -0.2) is 0 Å². The molecule has 0 unspecified atom stereocenters. The molecule has 27 heavy (non-hydrogen) atoms. The van der Waals surface area contributed by atoms with Crippen molar-refractivity contribution < 1.29 is 14.4 Å². The Bertz CT molecular complexity index is 921. The topological polar surface area (TPSA) is 69.7 Å². The van der Waals surface area contributed by atoms with Gasteiger partial charge in [-0.15, -0.1) is 0 Å². The highest BCUT2D eigenvalue weighted by atomic mass is 16.2. The Labute approximate surface area is 157 Å². The van der Waals surface area contributed by atoms with Crippen LogP contribution in [-0.2, 0) is 16.0 Å². The Kier molecular flexibility index (Phi) is 4.39. The lowest BCUT2D eigenvalue weighted by molar-refractivity contribution is -0.117. The standard InChI is InChI=1S/C21H21N3O3/c1-14(25)23-12-10-15-4-7-17(13-19(15)23)22-21(27)16-5-8-18(9-6-16)24-11-2-3-20(24)26/h4-9,13H,2-3,10-12H2,1H3,(H,22,27). The molecule has 3 amide bonds. The molecule has 0 aromatic heterocycles. The number of benzene rings is 2. The first kappa shape index (κ1) is 17.3. The van der Waals surface area contributed by atoms with Crippen molar-refractivity contribution in [1.29, 1.82) is 0 Å². The maximum absolute atomic E-state index is 12.6. The summed E-state index contributed by atoms with van der Waals surface area (Å²) in [6.07, 6.45) is 2.29. The quantitative estimate of drug-likeness (QED) is 0.911. The third-order valence-corrected chi connectivity index (χ3v) is 5.13. The Morgan fingerprint density at radius 3 is 2.44 bits per heavy atom. The number of carbonyl (C=O) groups is 3. The zero-order valence-electron chi connectivity index (χ0n) is 15.2. The van der Waals surface area contributed by atoms with E-state index in [-0.39, 0.29) is 17.7 Å². The molecule has 2 aromatic rings. The molecule has 0 spiro atoms. The third kappa shape index (κ3) is 3.30. The first-order valence-corrected chi connectivity index (χ1v) is 9.16. The third-order valence-electron chi connectivity index (χ3n) is 5.13. The van der Waals surface area contributed by atoms with Gasteiger partial charge in [0.1, 0.15) is 0 Å². The summed E-state index contributed by atoms with van der Waals surface area (Å²) >= 11 is 0. The number of nitrogens with zero attached hydrogens (tertiary/aromatic N) is 2. The van der Waals surface area contributed by atoms with Crippen LogP contribution in [0.1, 0.15) is 35.7 Å². The number of anilines is 3. The smallest absolute Gasteiger partial charge is 0.255 e. The summed E-state index contributed by atoms with van der Waals surface area (Å²) in [7, 11) is 0. The lowest BCUT2D eigenvalue weighted by Gasteiger charge is -2.17. The molecule has 0 radical (unpaired) electrons. The second kappa shape index (κ2) is 6.87. The molecule has 0 saturated carbocycles. The van der Waals surface area contributed by atoms with Crippen LogP contribution in [0.3, 0.4) is 0 Å². The van der Waals surface area contributed by atoms with Gasteiger partial charge in [0.2, 0.25) is 11.8 Å². The monoisotopic (exact) mass is 363 g/mol. The molecular weight excluding hydrogens is 342 g/mol. The summed E-state index contributed by atoms with van der Waals surface area (Å²) in [6.45, 7) is 2.96. The molecule has 0 bridgehead atoms. The summed E-state index contributed by atoms with van der Waals surface area (Å²) < 4.78 is 0. The van der Waals surface area contributed by atoms with Gasteiger partial charge in [-0.1, -0.05) is 6.07 Å². The van der Waals surface area contributed by atoms with Crippen LogP contribution in [0.15, 0.2) is 42.5 Å². The largest absolute Gasteiger partial charge is 0.322 e. The lowest BCUT2D eigenvalue weighted by Crippen LogP contribution is -2.25. The predicted molar refractivity (Wildman–Crippen MR) is 104 cm³/mol. The van der Waals surface area contributed by atoms with E-state index in [9.17, 15) is 14.4 Å². The summed E-state index contributed by atoms with van der Waals surface area (Å²) in [5, 5.41) is 2.89. The number of hydrogen-bond donors (Lipinski definition) is 1. The summed E-state index contributed by atoms with van der Waals surface area (Å²) in [4.78, 5) is 39.6. The van der Waals surface area contributed by atoms with E-state index in [2.05, 4.69) is 5.32 Å². The van der Waals surface area contributed by atoms with Gasteiger partial charge in [0, 0.05) is 49.1 Å². The molecule has 6 heteroatoms. The minimum atomic E-state index is -0.221. The van der Waals surface area contributed by atoms with Crippen molar-refractivity contribution in [3.8, 4) is 0 Å². The summed E-state index contributed by atoms with van der Waals surface area (Å²) in [5.41, 5.74) is 3.98. The van der Waals surface area contributed by atoms with E-state index >= 15 is 0 Å². The molecule has 1 N–H and O–H groups in total. The van der Waals surface area contributed by atoms with Crippen molar-refractivity contribution in [1.82, 2.24) is 0 Å². The first-order valence-electron chi connectivity index (χ1n) is 9.16. The van der Waals surface area contributed by atoms with E-state index in [1.807, 2.05) is 18.2 Å². The predicted octanol–water partition coefficient (Wildman–Crippen LogP) is 2.97. The molecule has 4 rings (SSSR count). The van der Waals surface area contributed by atoms with Gasteiger partial charge in [0.05, 0.1) is 0 Å². The van der Waals surface area contributed by atoms with Gasteiger partial charge in [-0.05, 0) is 54.8 Å². The van der Waals surface area contributed by atoms with Crippen LogP contribution >= 0.6 is 0 Å². The van der Waals surface area contributed by atoms with Crippen molar-refractivity contribution in [3.05, 3.63) is 53.6 Å². The van der Waals surface area contributed by atoms with Crippen molar-refractivity contribution in [2.75, 3.05) is 28.2 Å². The zero-order valence-corrected chi connectivity index (χ0v) is 15.2. The Morgan fingerprint density at radius 2 is 1.78 bits per heavy atom. The number of hydrogen-bond acceptors (Lipinski definition) is 3. The highest BCUT2D eigenvalue weighted by Crippen LogP contribution is 2.31. The highest BCUT2D eigenvalue weighted by molar-refractivity contribution is 6.05. The van der Waals surface area contributed by atoms with E-state index in [1.54, 1.807) is 41.0 Å². The first-order chi connectivity index (χ1) is 13.0. The van der Waals surface area contributed by atoms with Crippen LogP contribution in [0.2, 0.25) is 0 Å². The van der Waals surface area contributed by atoms with E-state index in [0.717, 1.165) is 36.3 Å². The molecule has 2 aliphatic rings. The maximum Gasteiger partial charge on any atom is 0.255 e. The molecule has 2 heterocycles. The minimum Gasteiger partial charge on any atom is -0.322 e. The zero-order chi connectivity index (χ0) is 19.0. The van der Waals surface area contributed by atoms with Crippen LogP contribution in [0.25, 0.3) is 0 Å². The van der Waals surface area contributed by atoms with Gasteiger partial charge in [0.25, 0.3) is 5.91 Å². The van der Waals surface area contributed by atoms with Crippen LogP contribution in [0.5, 0.6) is 0 Å². The van der Waals surface area contributed by atoms with Crippen molar-refractivity contribution in [2.24, 2.45) is 0 Å². The maximum atomic E-state index is 12.6. The van der Waals surface area contributed by atoms with Gasteiger partial charge < -0.3 is 15.1 Å². The number of amides is 3. The molecule has 6 nitrogen and oxygen atoms in total. The molecule has 1 fully saturated rings. The van der Waals surface area contributed by atoms with E-state index < -0.39 is 0 Å². The molecule has 2 aliphatic heterocycles. The van der Waals surface area contributed by atoms with Crippen molar-refractivity contribution in [3.63, 3.8) is 0 Å². The molecule has 138 valence electrons. The van der Waals surface area contributed by atoms with Crippen LogP contribution < -0.4 is 15.1 Å². The number of carbonyl (C=O) groups excluding carboxylic acids is 3. The highest BCUT2D eigenvalue weighted by Gasteiger charge is 2.23. The number of fused-ring (bicyclic) bond motifs is 1. The second-order valence-electron chi connectivity index (χ2n) is 6.91. The van der Waals surface area contributed by atoms with Gasteiger partial charge in [-0.3, -0.25) is 14.4 Å². The molecule has 1 saturated heterocycles. The number of rotatable bonds is 3. The van der Waals surface area contributed by atoms with Crippen molar-refractivity contribution in [2.45, 2.75) is 26.2 Å². The summed E-state index contributed by atoms with van der Waals surface area (Å²) in [5.74, 6) is -0.0914. The normalized spacial score (nSPS) is 15.8. The van der Waals surface area contributed by atoms with Crippen molar-refractivity contribution >= 4 is 34.8 Å². The summed E-state index contributed by atoms with van der Waals surface area (Å²) in [6, 6.07) is 12.7. The molecule has 0 atom stereocenters. The number of nitrogens with one attached hydrogen (secondary N) is 1. The fourth-order valence-electron chi connectivity index (χ4n) is 3.70. The van der Waals surface area contributed by atoms with Crippen LogP contribution in [0.4, 0.5) is 17.1 Å². The Hall–Kier alpha value is -3.15. The Morgan fingerprint density at radius 1 is 1.00 bits per heavy atom. The molecule has 2 aromatic carbocycles. The average molecular weight is 363 g/mol. The van der Waals surface area contributed by atoms with E-state index in [0.29, 0.717) is 24.2 Å². The fourth-order valence-corrected chi connectivity index (χ4v) is 3.70. The average Bonchev–Trinajstić information content (AvgIpc) is 3.27. The van der Waals surface area contributed by atoms with Gasteiger partial charge in [-0.2, -0.15) is 0 Å². The van der Waals surface area contributed by atoms with Crippen LogP contribution in [0, 0.1) is 0 Å². The molecular formula is C21H21N3O3. The van der Waals surface area contributed by atoms with Crippen LogP contribution in [-0.4, -0.2) is 30.8 Å². The van der Waals surface area contributed by atoms with E-state index in [1.165, 1.54) is 0 Å². The minimum absolute atomic E-state index is 0.00396. The molecule has 0 aliphatic carbocycles. The lowest BCUT2D eigenvalue weighted by atomic mass is 10.1. The second-order valence-corrected chi connectivity index (χ2v) is 6.91. The van der Waals surface area contributed by atoms with E-state index in [4.69, 9.17) is 0 Å².